The number of rotatable bonds is 5. The zero-order chi connectivity index (χ0) is 17.1. The molecule has 1 aromatic carbocycles. The summed E-state index contributed by atoms with van der Waals surface area (Å²) in [5.41, 5.74) is 1.70. The maximum Gasteiger partial charge on any atom is 0.249 e. The van der Waals surface area contributed by atoms with Crippen LogP contribution in [0.25, 0.3) is 22.3 Å². The van der Waals surface area contributed by atoms with E-state index in [1.165, 1.54) is 6.92 Å². The number of carbonyl (C=O) groups excluding carboxylic acids is 1. The molecule has 3 rings (SSSR count). The Bertz CT molecular complexity index is 859. The maximum absolute atomic E-state index is 11.5. The highest BCUT2D eigenvalue weighted by Crippen LogP contribution is 2.26. The van der Waals surface area contributed by atoms with Crippen LogP contribution in [0.5, 0.6) is 0 Å². The van der Waals surface area contributed by atoms with E-state index >= 15 is 0 Å². The van der Waals surface area contributed by atoms with Crippen LogP contribution >= 0.6 is 0 Å². The number of amides is 1. The number of hydrogen-bond acceptors (Lipinski definition) is 5. The minimum absolute atomic E-state index is 0.118. The molecule has 2 heterocycles. The van der Waals surface area contributed by atoms with Gasteiger partial charge in [0, 0.05) is 24.1 Å². The summed E-state index contributed by atoms with van der Waals surface area (Å²) in [6.45, 7) is 5.59. The van der Waals surface area contributed by atoms with Crippen LogP contribution in [-0.4, -0.2) is 21.0 Å². The molecule has 24 heavy (non-hydrogen) atoms. The van der Waals surface area contributed by atoms with Gasteiger partial charge in [-0.3, -0.25) is 9.78 Å². The number of fused-ring (bicyclic) bond motifs is 1. The first-order valence-electron chi connectivity index (χ1n) is 8.04. The Balaban J connectivity index is 1.94. The second-order valence-electron chi connectivity index (χ2n) is 5.94. The second kappa shape index (κ2) is 6.78. The number of aromatic nitrogens is 3. The summed E-state index contributed by atoms with van der Waals surface area (Å²) >= 11 is 0. The molecule has 3 aromatic rings. The first kappa shape index (κ1) is 16.1. The molecular formula is C18H20N4O2. The molecule has 0 saturated carbocycles. The number of pyridine rings is 1. The third-order valence-electron chi connectivity index (χ3n) is 4.13. The van der Waals surface area contributed by atoms with Gasteiger partial charge in [-0.1, -0.05) is 43.6 Å². The lowest BCUT2D eigenvalue weighted by atomic mass is 9.99. The molecule has 6 heteroatoms. The van der Waals surface area contributed by atoms with Crippen LogP contribution in [0.3, 0.4) is 0 Å². The van der Waals surface area contributed by atoms with Gasteiger partial charge in [0.2, 0.25) is 17.6 Å². The van der Waals surface area contributed by atoms with E-state index in [1.807, 2.05) is 37.3 Å². The van der Waals surface area contributed by atoms with Gasteiger partial charge in [0.15, 0.2) is 0 Å². The van der Waals surface area contributed by atoms with Gasteiger partial charge in [0.1, 0.15) is 6.04 Å². The van der Waals surface area contributed by atoms with Crippen molar-refractivity contribution in [3.05, 3.63) is 42.4 Å². The zero-order valence-corrected chi connectivity index (χ0v) is 14.0. The lowest BCUT2D eigenvalue weighted by molar-refractivity contribution is -0.120. The molecule has 0 unspecified atom stereocenters. The quantitative estimate of drug-likeness (QED) is 0.776. The Morgan fingerprint density at radius 2 is 2.12 bits per heavy atom. The van der Waals surface area contributed by atoms with Crippen molar-refractivity contribution in [2.45, 2.75) is 33.2 Å². The van der Waals surface area contributed by atoms with Crippen LogP contribution < -0.4 is 5.32 Å². The van der Waals surface area contributed by atoms with Gasteiger partial charge in [-0.25, -0.2) is 0 Å². The molecule has 1 N–H and O–H groups in total. The third-order valence-corrected chi connectivity index (χ3v) is 4.13. The van der Waals surface area contributed by atoms with E-state index in [1.54, 1.807) is 6.20 Å². The third kappa shape index (κ3) is 3.27. The average molecular weight is 324 g/mol. The Morgan fingerprint density at radius 1 is 1.33 bits per heavy atom. The first-order chi connectivity index (χ1) is 11.6. The van der Waals surface area contributed by atoms with Gasteiger partial charge in [0.25, 0.3) is 0 Å². The second-order valence-corrected chi connectivity index (χ2v) is 5.94. The summed E-state index contributed by atoms with van der Waals surface area (Å²) in [5.74, 6) is 0.967. The topological polar surface area (TPSA) is 80.9 Å². The fourth-order valence-corrected chi connectivity index (χ4v) is 2.57. The summed E-state index contributed by atoms with van der Waals surface area (Å²) in [7, 11) is 0. The Hall–Kier alpha value is -2.76. The lowest BCUT2D eigenvalue weighted by Gasteiger charge is -2.19. The molecule has 0 fully saturated rings. The molecule has 1 amide bonds. The smallest absolute Gasteiger partial charge is 0.249 e. The van der Waals surface area contributed by atoms with E-state index in [4.69, 9.17) is 4.52 Å². The monoisotopic (exact) mass is 324 g/mol. The molecule has 0 aliphatic rings. The molecule has 0 aliphatic carbocycles. The van der Waals surface area contributed by atoms with Gasteiger partial charge in [-0.15, -0.1) is 0 Å². The summed E-state index contributed by atoms with van der Waals surface area (Å²) in [6, 6.07) is 9.55. The minimum atomic E-state index is -0.290. The van der Waals surface area contributed by atoms with E-state index in [0.717, 1.165) is 22.9 Å². The van der Waals surface area contributed by atoms with Crippen LogP contribution in [0.4, 0.5) is 0 Å². The zero-order valence-electron chi connectivity index (χ0n) is 14.0. The minimum Gasteiger partial charge on any atom is -0.344 e. The van der Waals surface area contributed by atoms with Crippen molar-refractivity contribution in [2.24, 2.45) is 5.92 Å². The first-order valence-corrected chi connectivity index (χ1v) is 8.04. The van der Waals surface area contributed by atoms with Crippen LogP contribution in [0.1, 0.15) is 39.1 Å². The molecule has 2 atom stereocenters. The number of carbonyl (C=O) groups is 1. The number of hydrogen-bond donors (Lipinski definition) is 1. The van der Waals surface area contributed by atoms with Crippen LogP contribution in [0.15, 0.2) is 41.1 Å². The van der Waals surface area contributed by atoms with Gasteiger partial charge in [-0.05, 0) is 18.1 Å². The van der Waals surface area contributed by atoms with Crippen LogP contribution in [0.2, 0.25) is 0 Å². The number of para-hydroxylation sites is 1. The molecule has 0 spiro atoms. The number of nitrogens with zero attached hydrogens (tertiary/aromatic N) is 3. The van der Waals surface area contributed by atoms with Gasteiger partial charge < -0.3 is 9.84 Å². The standard InChI is InChI=1S/C18H20N4O2/c1-4-11(2)16(20-12(3)23)18-21-17(22-24-18)14-9-13-7-5-6-8-15(13)19-10-14/h5-11,16H,4H2,1-3H3,(H,20,23)/t11-,16-/m0/s1. The fraction of sp³-hybridized carbons (Fsp3) is 0.333. The molecule has 0 aliphatic heterocycles. The maximum atomic E-state index is 11.5. The summed E-state index contributed by atoms with van der Waals surface area (Å²) in [6.07, 6.45) is 2.62. The molecule has 0 saturated heterocycles. The molecule has 0 bridgehead atoms. The van der Waals surface area contributed by atoms with Gasteiger partial charge in [0.05, 0.1) is 5.52 Å². The number of nitrogens with one attached hydrogen (secondary N) is 1. The lowest BCUT2D eigenvalue weighted by Crippen LogP contribution is -2.30. The van der Waals surface area contributed by atoms with Crippen molar-refractivity contribution in [1.29, 1.82) is 0 Å². The molecule has 124 valence electrons. The highest BCUT2D eigenvalue weighted by Gasteiger charge is 2.25. The molecule has 6 nitrogen and oxygen atoms in total. The van der Waals surface area contributed by atoms with Crippen molar-refractivity contribution < 1.29 is 9.32 Å². The summed E-state index contributed by atoms with van der Waals surface area (Å²) in [4.78, 5) is 20.4. The van der Waals surface area contributed by atoms with E-state index < -0.39 is 0 Å². The van der Waals surface area contributed by atoms with E-state index in [9.17, 15) is 4.79 Å². The van der Waals surface area contributed by atoms with E-state index in [0.29, 0.717) is 11.7 Å². The SMILES string of the molecule is CC[C@H](C)[C@H](NC(C)=O)c1nc(-c2cnc3ccccc3c2)no1. The highest BCUT2D eigenvalue weighted by molar-refractivity contribution is 5.82. The Labute approximate surface area is 140 Å². The van der Waals surface area contributed by atoms with Crippen molar-refractivity contribution >= 4 is 16.8 Å². The summed E-state index contributed by atoms with van der Waals surface area (Å²) in [5, 5.41) is 7.97. The van der Waals surface area contributed by atoms with E-state index in [2.05, 4.69) is 27.4 Å². The largest absolute Gasteiger partial charge is 0.344 e. The van der Waals surface area contributed by atoms with Crippen molar-refractivity contribution in [3.63, 3.8) is 0 Å². The molecule has 0 radical (unpaired) electrons. The van der Waals surface area contributed by atoms with E-state index in [-0.39, 0.29) is 17.9 Å². The average Bonchev–Trinajstić information content (AvgIpc) is 3.08. The highest BCUT2D eigenvalue weighted by atomic mass is 16.5. The van der Waals surface area contributed by atoms with Crippen LogP contribution in [-0.2, 0) is 4.79 Å². The Kier molecular flexibility index (Phi) is 4.55. The van der Waals surface area contributed by atoms with Gasteiger partial charge >= 0.3 is 0 Å². The van der Waals surface area contributed by atoms with Crippen molar-refractivity contribution in [3.8, 4) is 11.4 Å². The predicted molar refractivity (Wildman–Crippen MR) is 91.0 cm³/mol. The van der Waals surface area contributed by atoms with Crippen molar-refractivity contribution in [1.82, 2.24) is 20.4 Å². The normalized spacial score (nSPS) is 13.6. The fourth-order valence-electron chi connectivity index (χ4n) is 2.57. The van der Waals surface area contributed by atoms with Crippen LogP contribution in [0, 0.1) is 5.92 Å². The number of benzene rings is 1. The summed E-state index contributed by atoms with van der Waals surface area (Å²) < 4.78 is 5.41. The predicted octanol–water partition coefficient (Wildman–Crippen LogP) is 3.51. The Morgan fingerprint density at radius 3 is 2.88 bits per heavy atom. The van der Waals surface area contributed by atoms with Crippen molar-refractivity contribution in [2.75, 3.05) is 0 Å². The molecule has 2 aromatic heterocycles. The molecular weight excluding hydrogens is 304 g/mol. The van der Waals surface area contributed by atoms with Gasteiger partial charge in [-0.2, -0.15) is 4.98 Å².